The SMILES string of the molecule is CNc1nc(C)nc(N2CCC(C)C2CO)c1C. The minimum Gasteiger partial charge on any atom is -0.394 e. The van der Waals surface area contributed by atoms with Crippen molar-refractivity contribution in [2.24, 2.45) is 5.92 Å². The summed E-state index contributed by atoms with van der Waals surface area (Å²) in [4.78, 5) is 11.2. The molecule has 2 unspecified atom stereocenters. The Kier molecular flexibility index (Phi) is 3.71. The van der Waals surface area contributed by atoms with Crippen LogP contribution in [-0.2, 0) is 0 Å². The molecule has 0 spiro atoms. The van der Waals surface area contributed by atoms with E-state index in [1.165, 1.54) is 0 Å². The molecule has 1 aromatic heterocycles. The van der Waals surface area contributed by atoms with E-state index < -0.39 is 0 Å². The fraction of sp³-hybridized carbons (Fsp3) is 0.692. The zero-order valence-electron chi connectivity index (χ0n) is 11.6. The lowest BCUT2D eigenvalue weighted by molar-refractivity contribution is 0.244. The molecule has 1 fully saturated rings. The van der Waals surface area contributed by atoms with Crippen LogP contribution in [0.1, 0.15) is 24.7 Å². The van der Waals surface area contributed by atoms with Crippen molar-refractivity contribution in [2.75, 3.05) is 30.4 Å². The highest BCUT2D eigenvalue weighted by molar-refractivity contribution is 5.59. The fourth-order valence-electron chi connectivity index (χ4n) is 2.69. The fourth-order valence-corrected chi connectivity index (χ4v) is 2.69. The van der Waals surface area contributed by atoms with Crippen LogP contribution < -0.4 is 10.2 Å². The maximum absolute atomic E-state index is 9.55. The second-order valence-electron chi connectivity index (χ2n) is 5.03. The van der Waals surface area contributed by atoms with Gasteiger partial charge in [0.1, 0.15) is 17.5 Å². The van der Waals surface area contributed by atoms with Crippen LogP contribution >= 0.6 is 0 Å². The number of aryl methyl sites for hydroxylation is 1. The van der Waals surface area contributed by atoms with E-state index in [4.69, 9.17) is 0 Å². The molecule has 0 saturated carbocycles. The quantitative estimate of drug-likeness (QED) is 0.847. The van der Waals surface area contributed by atoms with Gasteiger partial charge in [-0.2, -0.15) is 0 Å². The summed E-state index contributed by atoms with van der Waals surface area (Å²) in [5, 5.41) is 12.7. The van der Waals surface area contributed by atoms with Crippen molar-refractivity contribution in [3.05, 3.63) is 11.4 Å². The summed E-state index contributed by atoms with van der Waals surface area (Å²) in [6.45, 7) is 7.24. The van der Waals surface area contributed by atoms with Crippen molar-refractivity contribution < 1.29 is 5.11 Å². The van der Waals surface area contributed by atoms with Crippen LogP contribution in [0.4, 0.5) is 11.6 Å². The van der Waals surface area contributed by atoms with E-state index in [9.17, 15) is 5.11 Å². The molecule has 1 aromatic rings. The van der Waals surface area contributed by atoms with Crippen LogP contribution in [0, 0.1) is 19.8 Å². The Hall–Kier alpha value is -1.36. The van der Waals surface area contributed by atoms with Gasteiger partial charge in [-0.25, -0.2) is 9.97 Å². The molecule has 0 aromatic carbocycles. The Morgan fingerprint density at radius 2 is 2.11 bits per heavy atom. The standard InChI is InChI=1S/C13H22N4O/c1-8-5-6-17(11(8)7-18)13-9(2)12(14-4)15-10(3)16-13/h8,11,18H,5-7H2,1-4H3,(H,14,15,16). The largest absolute Gasteiger partial charge is 0.394 e. The van der Waals surface area contributed by atoms with E-state index in [0.29, 0.717) is 5.92 Å². The minimum atomic E-state index is 0.169. The smallest absolute Gasteiger partial charge is 0.137 e. The van der Waals surface area contributed by atoms with Gasteiger partial charge in [0, 0.05) is 19.2 Å². The second-order valence-corrected chi connectivity index (χ2v) is 5.03. The molecule has 1 saturated heterocycles. The zero-order chi connectivity index (χ0) is 13.3. The van der Waals surface area contributed by atoms with E-state index >= 15 is 0 Å². The molecule has 2 rings (SSSR count). The number of hydrogen-bond donors (Lipinski definition) is 2. The summed E-state index contributed by atoms with van der Waals surface area (Å²) in [6, 6.07) is 0.169. The average Bonchev–Trinajstić information content (AvgIpc) is 2.72. The normalized spacial score (nSPS) is 23.5. The number of anilines is 2. The zero-order valence-corrected chi connectivity index (χ0v) is 11.6. The predicted octanol–water partition coefficient (Wildman–Crippen LogP) is 1.34. The first-order valence-electron chi connectivity index (χ1n) is 6.49. The van der Waals surface area contributed by atoms with E-state index in [-0.39, 0.29) is 12.6 Å². The molecule has 2 heterocycles. The number of nitrogens with zero attached hydrogens (tertiary/aromatic N) is 3. The Morgan fingerprint density at radius 1 is 1.39 bits per heavy atom. The maximum Gasteiger partial charge on any atom is 0.137 e. The highest BCUT2D eigenvalue weighted by Gasteiger charge is 2.32. The van der Waals surface area contributed by atoms with Gasteiger partial charge in [-0.05, 0) is 26.2 Å². The van der Waals surface area contributed by atoms with Crippen molar-refractivity contribution in [3.63, 3.8) is 0 Å². The monoisotopic (exact) mass is 250 g/mol. The van der Waals surface area contributed by atoms with Crippen molar-refractivity contribution in [3.8, 4) is 0 Å². The van der Waals surface area contributed by atoms with Gasteiger partial charge in [-0.15, -0.1) is 0 Å². The van der Waals surface area contributed by atoms with Gasteiger partial charge >= 0.3 is 0 Å². The van der Waals surface area contributed by atoms with Gasteiger partial charge in [-0.3, -0.25) is 0 Å². The summed E-state index contributed by atoms with van der Waals surface area (Å²) in [5.74, 6) is 3.09. The van der Waals surface area contributed by atoms with Crippen LogP contribution in [0.5, 0.6) is 0 Å². The van der Waals surface area contributed by atoms with Crippen molar-refractivity contribution >= 4 is 11.6 Å². The van der Waals surface area contributed by atoms with E-state index in [1.54, 1.807) is 0 Å². The van der Waals surface area contributed by atoms with Gasteiger partial charge in [0.15, 0.2) is 0 Å². The van der Waals surface area contributed by atoms with Gasteiger partial charge in [0.25, 0.3) is 0 Å². The van der Waals surface area contributed by atoms with Crippen molar-refractivity contribution in [2.45, 2.75) is 33.2 Å². The third-order valence-corrected chi connectivity index (χ3v) is 3.81. The van der Waals surface area contributed by atoms with Crippen LogP contribution in [0.3, 0.4) is 0 Å². The molecular formula is C13H22N4O. The molecule has 18 heavy (non-hydrogen) atoms. The third kappa shape index (κ3) is 2.14. The van der Waals surface area contributed by atoms with E-state index in [0.717, 1.165) is 36.0 Å². The van der Waals surface area contributed by atoms with E-state index in [1.807, 2.05) is 20.9 Å². The van der Waals surface area contributed by atoms with Crippen molar-refractivity contribution in [1.82, 2.24) is 9.97 Å². The summed E-state index contributed by atoms with van der Waals surface area (Å²) < 4.78 is 0. The maximum atomic E-state index is 9.55. The number of aromatic nitrogens is 2. The molecule has 0 aliphatic carbocycles. The number of hydrogen-bond acceptors (Lipinski definition) is 5. The Bertz CT molecular complexity index is 435. The molecule has 5 nitrogen and oxygen atoms in total. The molecule has 0 amide bonds. The average molecular weight is 250 g/mol. The lowest BCUT2D eigenvalue weighted by atomic mass is 10.0. The molecule has 100 valence electrons. The van der Waals surface area contributed by atoms with Gasteiger partial charge < -0.3 is 15.3 Å². The van der Waals surface area contributed by atoms with E-state index in [2.05, 4.69) is 27.1 Å². The van der Waals surface area contributed by atoms with Crippen LogP contribution in [0.15, 0.2) is 0 Å². The third-order valence-electron chi connectivity index (χ3n) is 3.81. The lowest BCUT2D eigenvalue weighted by Crippen LogP contribution is -2.36. The molecule has 2 N–H and O–H groups in total. The molecule has 1 aliphatic rings. The van der Waals surface area contributed by atoms with Crippen LogP contribution in [0.2, 0.25) is 0 Å². The number of aliphatic hydroxyl groups is 1. The first-order valence-corrected chi connectivity index (χ1v) is 6.49. The Morgan fingerprint density at radius 3 is 2.72 bits per heavy atom. The van der Waals surface area contributed by atoms with Crippen molar-refractivity contribution in [1.29, 1.82) is 0 Å². The summed E-state index contributed by atoms with van der Waals surface area (Å²) in [5.41, 5.74) is 1.05. The van der Waals surface area contributed by atoms with Gasteiger partial charge in [0.2, 0.25) is 0 Å². The summed E-state index contributed by atoms with van der Waals surface area (Å²) in [6.07, 6.45) is 1.10. The van der Waals surface area contributed by atoms with Crippen LogP contribution in [-0.4, -0.2) is 41.3 Å². The minimum absolute atomic E-state index is 0.169. The molecule has 2 atom stereocenters. The number of aliphatic hydroxyl groups excluding tert-OH is 1. The first kappa shape index (κ1) is 13.1. The second kappa shape index (κ2) is 5.10. The van der Waals surface area contributed by atoms with Gasteiger partial charge in [-0.1, -0.05) is 6.92 Å². The molecule has 0 bridgehead atoms. The number of rotatable bonds is 3. The molecule has 1 aliphatic heterocycles. The lowest BCUT2D eigenvalue weighted by Gasteiger charge is -2.28. The predicted molar refractivity (Wildman–Crippen MR) is 73.1 cm³/mol. The summed E-state index contributed by atoms with van der Waals surface area (Å²) >= 11 is 0. The number of nitrogens with one attached hydrogen (secondary N) is 1. The highest BCUT2D eigenvalue weighted by Crippen LogP contribution is 2.32. The Labute approximate surface area is 108 Å². The molecular weight excluding hydrogens is 228 g/mol. The summed E-state index contributed by atoms with van der Waals surface area (Å²) in [7, 11) is 1.87. The molecule has 5 heteroatoms. The van der Waals surface area contributed by atoms with Crippen LogP contribution in [0.25, 0.3) is 0 Å². The topological polar surface area (TPSA) is 61.3 Å². The molecule has 0 radical (unpaired) electrons. The Balaban J connectivity index is 2.41. The first-order chi connectivity index (χ1) is 8.58. The van der Waals surface area contributed by atoms with Gasteiger partial charge in [0.05, 0.1) is 12.6 Å². The highest BCUT2D eigenvalue weighted by atomic mass is 16.3.